The summed E-state index contributed by atoms with van der Waals surface area (Å²) in [6, 6.07) is 67.1. The van der Waals surface area contributed by atoms with Gasteiger partial charge in [0.05, 0.1) is 28.3 Å². The lowest BCUT2D eigenvalue weighted by atomic mass is 10.0. The fourth-order valence-electron chi connectivity index (χ4n) is 9.64. The molecule has 0 amide bonds. The first-order valence-corrected chi connectivity index (χ1v) is 20.5. The van der Waals surface area contributed by atoms with Gasteiger partial charge in [-0.15, -0.1) is 0 Å². The molecule has 286 valence electrons. The van der Waals surface area contributed by atoms with Crippen molar-refractivity contribution in [3.8, 4) is 39.4 Å². The third-order valence-corrected chi connectivity index (χ3v) is 12.4. The molecule has 9 aromatic carbocycles. The van der Waals surface area contributed by atoms with Crippen LogP contribution in [0.15, 0.2) is 210 Å². The number of hydrogen-bond donors (Lipinski definition) is 0. The van der Waals surface area contributed by atoms with Gasteiger partial charge >= 0.3 is 0 Å². The van der Waals surface area contributed by atoms with Crippen molar-refractivity contribution in [1.82, 2.24) is 9.13 Å². The van der Waals surface area contributed by atoms with Gasteiger partial charge in [0.25, 0.3) is 0 Å². The molecule has 0 bridgehead atoms. The predicted octanol–water partition coefficient (Wildman–Crippen LogP) is 15.5. The quantitative estimate of drug-likeness (QED) is 0.158. The van der Waals surface area contributed by atoms with Crippen molar-refractivity contribution in [2.75, 3.05) is 0 Å². The summed E-state index contributed by atoms with van der Waals surface area (Å²) in [6.45, 7) is 3.72. The zero-order chi connectivity index (χ0) is 40.2. The van der Waals surface area contributed by atoms with Crippen LogP contribution in [0, 0.1) is 0 Å². The second kappa shape index (κ2) is 12.9. The van der Waals surface area contributed by atoms with E-state index in [0.29, 0.717) is 0 Å². The summed E-state index contributed by atoms with van der Waals surface area (Å²) in [6.07, 6.45) is 1.45. The van der Waals surface area contributed by atoms with E-state index in [4.69, 9.17) is 13.6 Å². The van der Waals surface area contributed by atoms with Crippen LogP contribution in [0.25, 0.3) is 121 Å². The average molecular weight is 783 g/mol. The van der Waals surface area contributed by atoms with Gasteiger partial charge in [0.1, 0.15) is 28.1 Å². The molecule has 0 aliphatic rings. The molecule has 61 heavy (non-hydrogen) atoms. The lowest BCUT2D eigenvalue weighted by Gasteiger charge is -2.13. The normalized spacial score (nSPS) is 12.0. The van der Waals surface area contributed by atoms with E-state index in [2.05, 4.69) is 173 Å². The minimum atomic E-state index is 0.731. The number of nitrogens with zero attached hydrogens (tertiary/aromatic N) is 2. The highest BCUT2D eigenvalue weighted by atomic mass is 16.5. The molecule has 0 atom stereocenters. The van der Waals surface area contributed by atoms with Crippen LogP contribution in [-0.4, -0.2) is 9.13 Å². The summed E-state index contributed by atoms with van der Waals surface area (Å²) >= 11 is 0. The molecule has 5 heteroatoms. The first-order chi connectivity index (χ1) is 30.2. The monoisotopic (exact) mass is 782 g/mol. The van der Waals surface area contributed by atoms with Crippen molar-refractivity contribution >= 4 is 87.5 Å². The first-order valence-electron chi connectivity index (χ1n) is 20.5. The number of furan rings is 2. The maximum atomic E-state index is 6.20. The predicted molar refractivity (Wildman–Crippen MR) is 251 cm³/mol. The molecule has 0 unspecified atom stereocenters. The van der Waals surface area contributed by atoms with Crippen LogP contribution < -0.4 is 4.74 Å². The Kier molecular flexibility index (Phi) is 7.10. The van der Waals surface area contributed by atoms with E-state index in [9.17, 15) is 0 Å². The smallest absolute Gasteiger partial charge is 0.135 e. The van der Waals surface area contributed by atoms with Gasteiger partial charge in [0.15, 0.2) is 0 Å². The molecular formula is C56H34N2O3. The lowest BCUT2D eigenvalue weighted by Crippen LogP contribution is -1.98. The Hall–Kier alpha value is -8.28. The Morgan fingerprint density at radius 1 is 0.344 bits per heavy atom. The zero-order valence-electron chi connectivity index (χ0n) is 32.8. The summed E-state index contributed by atoms with van der Waals surface area (Å²) in [7, 11) is 0. The molecule has 13 rings (SSSR count). The van der Waals surface area contributed by atoms with Crippen molar-refractivity contribution in [3.05, 3.63) is 201 Å². The third-order valence-electron chi connectivity index (χ3n) is 12.4. The van der Waals surface area contributed by atoms with Gasteiger partial charge in [-0.05, 0) is 125 Å². The molecule has 0 spiro atoms. The topological polar surface area (TPSA) is 45.4 Å². The summed E-state index contributed by atoms with van der Waals surface area (Å²) in [5.74, 6) is 0.731. The second-order valence-electron chi connectivity index (χ2n) is 15.8. The summed E-state index contributed by atoms with van der Waals surface area (Å²) in [4.78, 5) is 0. The molecule has 5 nitrogen and oxygen atoms in total. The van der Waals surface area contributed by atoms with E-state index >= 15 is 0 Å². The van der Waals surface area contributed by atoms with Crippen LogP contribution in [0.4, 0.5) is 0 Å². The highest BCUT2D eigenvalue weighted by Gasteiger charge is 2.18. The minimum absolute atomic E-state index is 0.731. The van der Waals surface area contributed by atoms with Gasteiger partial charge in [-0.25, -0.2) is 0 Å². The Morgan fingerprint density at radius 3 is 1.34 bits per heavy atom. The fraction of sp³-hybridized carbons (Fsp3) is 0. The molecule has 0 radical (unpaired) electrons. The van der Waals surface area contributed by atoms with E-state index in [-0.39, 0.29) is 0 Å². The van der Waals surface area contributed by atoms with Gasteiger partial charge in [0.2, 0.25) is 0 Å². The minimum Gasteiger partial charge on any atom is -0.466 e. The molecule has 0 saturated heterocycles. The van der Waals surface area contributed by atoms with E-state index in [0.717, 1.165) is 94.2 Å². The number of hydrogen-bond acceptors (Lipinski definition) is 3. The number of benzene rings is 9. The summed E-state index contributed by atoms with van der Waals surface area (Å²) in [5.41, 5.74) is 14.9. The zero-order valence-corrected chi connectivity index (χ0v) is 32.8. The second-order valence-corrected chi connectivity index (χ2v) is 15.8. The average Bonchev–Trinajstić information content (AvgIpc) is 4.06. The van der Waals surface area contributed by atoms with Crippen molar-refractivity contribution in [3.63, 3.8) is 0 Å². The molecule has 0 aliphatic carbocycles. The largest absolute Gasteiger partial charge is 0.466 e. The van der Waals surface area contributed by atoms with Crippen molar-refractivity contribution < 1.29 is 13.6 Å². The van der Waals surface area contributed by atoms with E-state index in [1.165, 1.54) is 38.9 Å². The van der Waals surface area contributed by atoms with Crippen LogP contribution >= 0.6 is 0 Å². The summed E-state index contributed by atoms with van der Waals surface area (Å²) in [5, 5.41) is 9.16. The van der Waals surface area contributed by atoms with E-state index < -0.39 is 0 Å². The van der Waals surface area contributed by atoms with Crippen LogP contribution in [0.2, 0.25) is 0 Å². The fourth-order valence-corrected chi connectivity index (χ4v) is 9.64. The number of rotatable bonds is 6. The number of para-hydroxylation sites is 3. The van der Waals surface area contributed by atoms with Crippen LogP contribution in [-0.2, 0) is 0 Å². The van der Waals surface area contributed by atoms with Crippen molar-refractivity contribution in [2.24, 2.45) is 0 Å². The molecule has 4 heterocycles. The van der Waals surface area contributed by atoms with E-state index in [1.54, 1.807) is 0 Å². The molecule has 4 aromatic heterocycles. The van der Waals surface area contributed by atoms with Gasteiger partial charge < -0.3 is 22.7 Å². The van der Waals surface area contributed by atoms with Crippen molar-refractivity contribution in [1.29, 1.82) is 0 Å². The maximum Gasteiger partial charge on any atom is 0.135 e. The molecule has 0 fully saturated rings. The number of ether oxygens (including phenoxy) is 1. The number of aromatic nitrogens is 2. The van der Waals surface area contributed by atoms with Crippen LogP contribution in [0.3, 0.4) is 0 Å². The first kappa shape index (κ1) is 33.7. The van der Waals surface area contributed by atoms with Gasteiger partial charge in [-0.1, -0.05) is 91.5 Å². The Morgan fingerprint density at radius 2 is 0.770 bits per heavy atom. The third kappa shape index (κ3) is 5.08. The molecule has 13 aromatic rings. The van der Waals surface area contributed by atoms with Crippen LogP contribution in [0.5, 0.6) is 5.75 Å². The Labute approximate surface area is 349 Å². The molecular weight excluding hydrogens is 749 g/mol. The SMILES string of the molecule is C=COc1ccc2oc3ccc(-c4ccc5c(c4)c4ccccc4n5-c4cccc(-n5c6ccccc6c6cc(-c7ccc8oc9ccccc9c8c7)ccc65)c4)cc3c2c1. The summed E-state index contributed by atoms with van der Waals surface area (Å²) < 4.78 is 22.7. The standard InChI is InChI=1S/C56H34N2O3/c1-2-59-40-22-27-56-48(33-40)47-31-37(21-26-55(47)61-56)35-19-24-52-45(29-35)42-13-4-7-16-50(42)58(52)39-11-9-10-38(32-39)57-49-15-6-3-12-41(49)44-28-34(18-23-51(44)57)36-20-25-54-46(30-36)43-14-5-8-17-53(43)60-54/h2-33H,1H2. The van der Waals surface area contributed by atoms with Gasteiger partial charge in [-0.2, -0.15) is 0 Å². The maximum absolute atomic E-state index is 6.20. The number of fused-ring (bicyclic) bond motifs is 12. The lowest BCUT2D eigenvalue weighted by molar-refractivity contribution is 0.484. The van der Waals surface area contributed by atoms with E-state index in [1.807, 2.05) is 30.3 Å². The Balaban J connectivity index is 0.935. The molecule has 0 N–H and O–H groups in total. The molecule has 0 aliphatic heterocycles. The van der Waals surface area contributed by atoms with Crippen LogP contribution in [0.1, 0.15) is 0 Å². The van der Waals surface area contributed by atoms with Gasteiger partial charge in [-0.3, -0.25) is 0 Å². The molecule has 0 saturated carbocycles. The highest BCUT2D eigenvalue weighted by Crippen LogP contribution is 2.40. The highest BCUT2D eigenvalue weighted by molar-refractivity contribution is 6.13. The Bertz CT molecular complexity index is 3950. The van der Waals surface area contributed by atoms with Gasteiger partial charge in [0, 0.05) is 54.5 Å². The van der Waals surface area contributed by atoms with Crippen molar-refractivity contribution in [2.45, 2.75) is 0 Å².